The van der Waals surface area contributed by atoms with Crippen LogP contribution in [0.1, 0.15) is 0 Å². The van der Waals surface area contributed by atoms with E-state index in [1.807, 2.05) is 0 Å². The zero-order chi connectivity index (χ0) is 13.1. The molecular weight excluding hydrogens is 316 g/mol. The van der Waals surface area contributed by atoms with Crippen LogP contribution in [0.4, 0.5) is 11.5 Å². The maximum absolute atomic E-state index is 10.7. The number of hydrogen-bond acceptors (Lipinski definition) is 6. The molecule has 0 saturated heterocycles. The number of sulfonamides is 1. The Kier molecular flexibility index (Phi) is 4.37. The van der Waals surface area contributed by atoms with E-state index in [0.717, 1.165) is 6.20 Å². The lowest BCUT2D eigenvalue weighted by Gasteiger charge is -2.05. The highest BCUT2D eigenvalue weighted by atomic mass is 79.9. The molecule has 1 aromatic rings. The summed E-state index contributed by atoms with van der Waals surface area (Å²) in [5, 5.41) is 17.9. The van der Waals surface area contributed by atoms with Gasteiger partial charge in [-0.05, 0) is 15.9 Å². The van der Waals surface area contributed by atoms with Crippen LogP contribution in [0, 0.1) is 10.1 Å². The number of primary sulfonamides is 1. The van der Waals surface area contributed by atoms with Gasteiger partial charge in [-0.25, -0.2) is 18.5 Å². The summed E-state index contributed by atoms with van der Waals surface area (Å²) < 4.78 is 21.7. The standard InChI is InChI=1S/C7H9BrN4O4S/c8-6-3-5(12(13)14)4-11-7(6)10-1-2-17(9,15)16/h3-4H,1-2H2,(H,10,11)(H2,9,15,16). The molecule has 94 valence electrons. The number of aromatic nitrogens is 1. The second-order valence-corrected chi connectivity index (χ2v) is 5.66. The fraction of sp³-hybridized carbons (Fsp3) is 0.286. The molecule has 0 aromatic carbocycles. The molecular formula is C7H9BrN4O4S. The van der Waals surface area contributed by atoms with E-state index in [1.54, 1.807) is 0 Å². The molecule has 0 amide bonds. The third kappa shape index (κ3) is 4.63. The second-order valence-electron chi connectivity index (χ2n) is 3.07. The van der Waals surface area contributed by atoms with Gasteiger partial charge >= 0.3 is 0 Å². The van der Waals surface area contributed by atoms with Gasteiger partial charge < -0.3 is 5.32 Å². The SMILES string of the molecule is NS(=O)(=O)CCNc1ncc([N+](=O)[O-])cc1Br. The minimum absolute atomic E-state index is 0.0717. The van der Waals surface area contributed by atoms with E-state index in [4.69, 9.17) is 5.14 Å². The number of nitro groups is 1. The zero-order valence-electron chi connectivity index (χ0n) is 8.46. The summed E-state index contributed by atoms with van der Waals surface area (Å²) >= 11 is 3.09. The molecule has 1 rings (SSSR count). The van der Waals surface area contributed by atoms with E-state index in [0.29, 0.717) is 10.3 Å². The lowest BCUT2D eigenvalue weighted by Crippen LogP contribution is -2.22. The van der Waals surface area contributed by atoms with Crippen LogP contribution in [0.2, 0.25) is 0 Å². The van der Waals surface area contributed by atoms with Gasteiger partial charge in [-0.15, -0.1) is 0 Å². The number of nitrogens with zero attached hydrogens (tertiary/aromatic N) is 2. The van der Waals surface area contributed by atoms with Crippen LogP contribution in [0.15, 0.2) is 16.7 Å². The minimum atomic E-state index is -3.54. The van der Waals surface area contributed by atoms with Crippen molar-refractivity contribution in [2.24, 2.45) is 5.14 Å². The van der Waals surface area contributed by atoms with Gasteiger partial charge in [-0.1, -0.05) is 0 Å². The Hall–Kier alpha value is -1.26. The molecule has 0 saturated carbocycles. The fourth-order valence-electron chi connectivity index (χ4n) is 0.969. The topological polar surface area (TPSA) is 128 Å². The van der Waals surface area contributed by atoms with Crippen LogP contribution in [0.5, 0.6) is 0 Å². The van der Waals surface area contributed by atoms with Gasteiger partial charge in [-0.2, -0.15) is 0 Å². The predicted octanol–water partition coefficient (Wildman–Crippen LogP) is 0.453. The Morgan fingerprint density at radius 2 is 2.24 bits per heavy atom. The maximum atomic E-state index is 10.7. The third-order valence-corrected chi connectivity index (χ3v) is 3.09. The van der Waals surface area contributed by atoms with Crippen molar-refractivity contribution in [1.82, 2.24) is 4.98 Å². The smallest absolute Gasteiger partial charge is 0.288 e. The lowest BCUT2D eigenvalue weighted by atomic mass is 10.4. The number of rotatable bonds is 5. The van der Waals surface area contributed by atoms with Crippen molar-refractivity contribution >= 4 is 37.5 Å². The average Bonchev–Trinajstić information content (AvgIpc) is 2.18. The molecule has 10 heteroatoms. The molecule has 0 spiro atoms. The second kappa shape index (κ2) is 5.38. The molecule has 0 aliphatic rings. The molecule has 0 radical (unpaired) electrons. The van der Waals surface area contributed by atoms with Gasteiger partial charge in [0.2, 0.25) is 10.0 Å². The largest absolute Gasteiger partial charge is 0.368 e. The summed E-state index contributed by atoms with van der Waals surface area (Å²) in [7, 11) is -3.54. The van der Waals surface area contributed by atoms with Crippen molar-refractivity contribution < 1.29 is 13.3 Å². The Bertz CT molecular complexity index is 533. The average molecular weight is 325 g/mol. The summed E-state index contributed by atoms with van der Waals surface area (Å²) in [6.07, 6.45) is 1.07. The maximum Gasteiger partial charge on any atom is 0.288 e. The lowest BCUT2D eigenvalue weighted by molar-refractivity contribution is -0.385. The van der Waals surface area contributed by atoms with Gasteiger partial charge in [0.25, 0.3) is 5.69 Å². The van der Waals surface area contributed by atoms with Crippen LogP contribution in [-0.4, -0.2) is 30.6 Å². The molecule has 1 heterocycles. The number of anilines is 1. The summed E-state index contributed by atoms with van der Waals surface area (Å²) in [6, 6.07) is 1.27. The first-order valence-electron chi connectivity index (χ1n) is 4.34. The van der Waals surface area contributed by atoms with E-state index in [1.165, 1.54) is 6.07 Å². The highest BCUT2D eigenvalue weighted by Gasteiger charge is 2.10. The van der Waals surface area contributed by atoms with E-state index in [2.05, 4.69) is 26.2 Å². The van der Waals surface area contributed by atoms with Crippen molar-refractivity contribution in [1.29, 1.82) is 0 Å². The van der Waals surface area contributed by atoms with E-state index in [9.17, 15) is 18.5 Å². The van der Waals surface area contributed by atoms with Gasteiger partial charge in [0, 0.05) is 12.6 Å². The molecule has 0 fully saturated rings. The van der Waals surface area contributed by atoms with Crippen molar-refractivity contribution in [3.05, 3.63) is 26.9 Å². The molecule has 17 heavy (non-hydrogen) atoms. The minimum Gasteiger partial charge on any atom is -0.368 e. The van der Waals surface area contributed by atoms with Crippen molar-refractivity contribution in [2.75, 3.05) is 17.6 Å². The van der Waals surface area contributed by atoms with Gasteiger partial charge in [0.05, 0.1) is 15.1 Å². The summed E-state index contributed by atoms with van der Waals surface area (Å²) in [5.74, 6) is 0.0669. The molecule has 0 bridgehead atoms. The van der Waals surface area contributed by atoms with Crippen LogP contribution < -0.4 is 10.5 Å². The molecule has 0 aliphatic carbocycles. The van der Waals surface area contributed by atoms with Crippen LogP contribution in [0.3, 0.4) is 0 Å². The first-order valence-corrected chi connectivity index (χ1v) is 6.85. The molecule has 3 N–H and O–H groups in total. The first-order chi connectivity index (χ1) is 7.79. The van der Waals surface area contributed by atoms with Crippen LogP contribution in [-0.2, 0) is 10.0 Å². The Morgan fingerprint density at radius 1 is 1.59 bits per heavy atom. The number of hydrogen-bond donors (Lipinski definition) is 2. The number of halogens is 1. The van der Waals surface area contributed by atoms with Gasteiger partial charge in [-0.3, -0.25) is 10.1 Å². The molecule has 0 unspecified atom stereocenters. The molecule has 8 nitrogen and oxygen atoms in total. The Labute approximate surface area is 106 Å². The third-order valence-electron chi connectivity index (χ3n) is 1.72. The van der Waals surface area contributed by atoms with Gasteiger partial charge in [0.1, 0.15) is 12.0 Å². The van der Waals surface area contributed by atoms with Crippen molar-refractivity contribution in [3.63, 3.8) is 0 Å². The summed E-state index contributed by atoms with van der Waals surface area (Å²) in [5.41, 5.74) is -0.158. The number of nitrogens with two attached hydrogens (primary N) is 1. The van der Waals surface area contributed by atoms with E-state index >= 15 is 0 Å². The van der Waals surface area contributed by atoms with E-state index in [-0.39, 0.29) is 18.0 Å². The highest BCUT2D eigenvalue weighted by molar-refractivity contribution is 9.10. The Balaban J connectivity index is 2.70. The predicted molar refractivity (Wildman–Crippen MR) is 65.1 cm³/mol. The highest BCUT2D eigenvalue weighted by Crippen LogP contribution is 2.24. The van der Waals surface area contributed by atoms with Crippen molar-refractivity contribution in [3.8, 4) is 0 Å². The molecule has 0 atom stereocenters. The summed E-state index contributed by atoms with van der Waals surface area (Å²) in [4.78, 5) is 13.6. The molecule has 0 aliphatic heterocycles. The normalized spacial score (nSPS) is 11.2. The van der Waals surface area contributed by atoms with Crippen LogP contribution in [0.25, 0.3) is 0 Å². The zero-order valence-corrected chi connectivity index (χ0v) is 10.9. The quantitative estimate of drug-likeness (QED) is 0.597. The number of pyridine rings is 1. The van der Waals surface area contributed by atoms with E-state index < -0.39 is 14.9 Å². The van der Waals surface area contributed by atoms with Crippen LogP contribution >= 0.6 is 15.9 Å². The Morgan fingerprint density at radius 3 is 2.71 bits per heavy atom. The summed E-state index contributed by atoms with van der Waals surface area (Å²) in [6.45, 7) is 0.0717. The molecule has 1 aromatic heterocycles. The van der Waals surface area contributed by atoms with Crippen molar-refractivity contribution in [2.45, 2.75) is 0 Å². The first kappa shape index (κ1) is 13.8. The fourth-order valence-corrected chi connectivity index (χ4v) is 1.83. The monoisotopic (exact) mass is 324 g/mol. The van der Waals surface area contributed by atoms with Gasteiger partial charge in [0.15, 0.2) is 0 Å². The number of nitrogens with one attached hydrogen (secondary N) is 1.